The number of carbonyl (C=O) groups is 2. The number of nitrogens with one attached hydrogen (secondary N) is 2. The van der Waals surface area contributed by atoms with Crippen molar-refractivity contribution in [1.29, 1.82) is 0 Å². The highest BCUT2D eigenvalue weighted by Gasteiger charge is 2.43. The van der Waals surface area contributed by atoms with E-state index in [0.717, 1.165) is 21.7 Å². The second-order valence-electron chi connectivity index (χ2n) is 8.48. The first-order chi connectivity index (χ1) is 17.3. The largest absolute Gasteiger partial charge is 0.493 e. The van der Waals surface area contributed by atoms with Gasteiger partial charge in [-0.3, -0.25) is 9.69 Å². The number of anilines is 1. The molecule has 0 radical (unpaired) electrons. The van der Waals surface area contributed by atoms with Gasteiger partial charge in [0.25, 0.3) is 5.91 Å². The Bertz CT molecular complexity index is 1460. The minimum Gasteiger partial charge on any atom is -0.493 e. The zero-order valence-corrected chi connectivity index (χ0v) is 20.6. The van der Waals surface area contributed by atoms with Gasteiger partial charge in [0.05, 0.1) is 25.7 Å². The number of carbonyl (C=O) groups excluding carboxylic acids is 2. The smallest absolute Gasteiger partial charge is 0.325 e. The topological polar surface area (TPSA) is 114 Å². The van der Waals surface area contributed by atoms with Crippen LogP contribution >= 0.6 is 0 Å². The van der Waals surface area contributed by atoms with Crippen LogP contribution in [0.1, 0.15) is 15.9 Å². The second-order valence-corrected chi connectivity index (χ2v) is 10.6. The first-order valence-corrected chi connectivity index (χ1v) is 12.9. The maximum absolute atomic E-state index is 13.9. The minimum absolute atomic E-state index is 0.127. The number of amides is 3. The molecule has 0 aliphatic carbocycles. The van der Waals surface area contributed by atoms with E-state index >= 15 is 0 Å². The van der Waals surface area contributed by atoms with Crippen LogP contribution in [-0.4, -0.2) is 57.9 Å². The summed E-state index contributed by atoms with van der Waals surface area (Å²) >= 11 is 0. The van der Waals surface area contributed by atoms with Crippen LogP contribution in [0.2, 0.25) is 0 Å². The average Bonchev–Trinajstić information content (AvgIpc) is 3.54. The summed E-state index contributed by atoms with van der Waals surface area (Å²) in [4.78, 5) is 26.9. The van der Waals surface area contributed by atoms with Crippen LogP contribution in [0, 0.1) is 0 Å². The summed E-state index contributed by atoms with van der Waals surface area (Å²) in [6, 6.07) is 16.4. The van der Waals surface area contributed by atoms with Gasteiger partial charge in [0.15, 0.2) is 16.9 Å². The van der Waals surface area contributed by atoms with E-state index in [1.807, 2.05) is 30.3 Å². The Labute approximate surface area is 208 Å². The summed E-state index contributed by atoms with van der Waals surface area (Å²) in [7, 11) is -1.13. The molecule has 2 aliphatic rings. The molecule has 3 aromatic carbocycles. The van der Waals surface area contributed by atoms with E-state index in [9.17, 15) is 18.0 Å². The maximum atomic E-state index is 13.9. The quantitative estimate of drug-likeness (QED) is 0.526. The average molecular weight is 508 g/mol. The van der Waals surface area contributed by atoms with Crippen LogP contribution in [0.4, 0.5) is 10.5 Å². The summed E-state index contributed by atoms with van der Waals surface area (Å²) in [5, 5.41) is 4.50. The molecule has 3 aromatic rings. The molecule has 9 nitrogen and oxygen atoms in total. The number of imide groups is 1. The molecule has 2 N–H and O–H groups in total. The molecule has 1 saturated heterocycles. The molecule has 0 saturated carbocycles. The predicted molar refractivity (Wildman–Crippen MR) is 134 cm³/mol. The lowest BCUT2D eigenvalue weighted by atomic mass is 9.98. The van der Waals surface area contributed by atoms with E-state index in [2.05, 4.69) is 10.6 Å². The third-order valence-electron chi connectivity index (χ3n) is 6.46. The van der Waals surface area contributed by atoms with Crippen molar-refractivity contribution in [2.24, 2.45) is 0 Å². The van der Waals surface area contributed by atoms with Crippen molar-refractivity contribution in [2.45, 2.75) is 16.7 Å². The maximum Gasteiger partial charge on any atom is 0.325 e. The molecule has 0 bridgehead atoms. The lowest BCUT2D eigenvalue weighted by Crippen LogP contribution is -2.35. The number of rotatable bonds is 6. The Morgan fingerprint density at radius 2 is 1.75 bits per heavy atom. The monoisotopic (exact) mass is 507 g/mol. The number of hydrogen-bond donors (Lipinski definition) is 2. The van der Waals surface area contributed by atoms with Crippen molar-refractivity contribution >= 4 is 27.5 Å². The third kappa shape index (κ3) is 3.93. The standard InChI is InChI=1S/C26H25N3O6S/c1-34-20-10-8-17(14-21(20)35-2)25(30)29-15-23(28-26(29)31)36(32,33)22-11-9-19-18(12-13-27-19)24(22)16-6-4-3-5-7-16/h3-11,14,23,27H,12-13,15H2,1-2H3,(H,28,31). The van der Waals surface area contributed by atoms with Gasteiger partial charge in [-0.1, -0.05) is 30.3 Å². The predicted octanol–water partition coefficient (Wildman–Crippen LogP) is 3.30. The number of ether oxygens (including phenoxy) is 2. The highest BCUT2D eigenvalue weighted by molar-refractivity contribution is 7.92. The SMILES string of the molecule is COc1ccc(C(=O)N2CC(S(=O)(=O)c3ccc4c(c3-c3ccccc3)CCN4)NC2=O)cc1OC. The van der Waals surface area contributed by atoms with Crippen molar-refractivity contribution in [3.8, 4) is 22.6 Å². The van der Waals surface area contributed by atoms with Gasteiger partial charge in [-0.2, -0.15) is 0 Å². The van der Waals surface area contributed by atoms with E-state index in [1.165, 1.54) is 26.4 Å². The Morgan fingerprint density at radius 3 is 2.47 bits per heavy atom. The lowest BCUT2D eigenvalue weighted by Gasteiger charge is -2.18. The lowest BCUT2D eigenvalue weighted by molar-refractivity contribution is 0.0828. The highest BCUT2D eigenvalue weighted by atomic mass is 32.2. The molecule has 1 fully saturated rings. The Kier molecular flexibility index (Phi) is 6.05. The molecule has 3 amide bonds. The minimum atomic E-state index is -4.04. The van der Waals surface area contributed by atoms with Gasteiger partial charge in [0.1, 0.15) is 0 Å². The van der Waals surface area contributed by atoms with Gasteiger partial charge in [0.2, 0.25) is 9.84 Å². The zero-order chi connectivity index (χ0) is 25.4. The van der Waals surface area contributed by atoms with Crippen molar-refractivity contribution < 1.29 is 27.5 Å². The number of sulfone groups is 1. The summed E-state index contributed by atoms with van der Waals surface area (Å²) in [6.07, 6.45) is 0.684. The van der Waals surface area contributed by atoms with Gasteiger partial charge in [-0.25, -0.2) is 13.2 Å². The summed E-state index contributed by atoms with van der Waals surface area (Å²) in [5.74, 6) is 0.124. The molecule has 0 aromatic heterocycles. The molecule has 1 atom stereocenters. The van der Waals surface area contributed by atoms with Gasteiger partial charge < -0.3 is 20.1 Å². The first kappa shape index (κ1) is 23.7. The molecule has 10 heteroatoms. The number of methoxy groups -OCH3 is 2. The van der Waals surface area contributed by atoms with E-state index in [4.69, 9.17) is 9.47 Å². The normalized spacial score (nSPS) is 16.8. The van der Waals surface area contributed by atoms with E-state index in [1.54, 1.807) is 18.2 Å². The molecule has 5 rings (SSSR count). The molecular weight excluding hydrogens is 482 g/mol. The van der Waals surface area contributed by atoms with Crippen LogP contribution in [0.25, 0.3) is 11.1 Å². The number of benzene rings is 3. The molecule has 1 unspecified atom stereocenters. The number of nitrogens with zero attached hydrogens (tertiary/aromatic N) is 1. The molecule has 186 valence electrons. The number of urea groups is 1. The molecule has 0 spiro atoms. The Balaban J connectivity index is 1.49. The first-order valence-electron chi connectivity index (χ1n) is 11.4. The number of hydrogen-bond acceptors (Lipinski definition) is 7. The van der Waals surface area contributed by atoms with Gasteiger partial charge in [0, 0.05) is 23.4 Å². The summed E-state index contributed by atoms with van der Waals surface area (Å²) in [5.41, 5.74) is 3.39. The third-order valence-corrected chi connectivity index (χ3v) is 8.43. The molecule has 36 heavy (non-hydrogen) atoms. The van der Waals surface area contributed by atoms with Crippen LogP contribution in [0.5, 0.6) is 11.5 Å². The van der Waals surface area contributed by atoms with Crippen molar-refractivity contribution in [3.05, 3.63) is 71.8 Å². The van der Waals surface area contributed by atoms with Gasteiger partial charge in [-0.05, 0) is 47.9 Å². The van der Waals surface area contributed by atoms with Crippen molar-refractivity contribution in [1.82, 2.24) is 10.2 Å². The van der Waals surface area contributed by atoms with Crippen molar-refractivity contribution in [3.63, 3.8) is 0 Å². The molecule has 2 aliphatic heterocycles. The van der Waals surface area contributed by atoms with E-state index in [0.29, 0.717) is 30.0 Å². The molecule has 2 heterocycles. The fourth-order valence-corrected chi connectivity index (χ4v) is 6.36. The second kappa shape index (κ2) is 9.19. The van der Waals surface area contributed by atoms with E-state index < -0.39 is 27.1 Å². The summed E-state index contributed by atoms with van der Waals surface area (Å²) < 4.78 is 38.1. The van der Waals surface area contributed by atoms with Crippen LogP contribution in [0.3, 0.4) is 0 Å². The van der Waals surface area contributed by atoms with Crippen LogP contribution < -0.4 is 20.1 Å². The zero-order valence-electron chi connectivity index (χ0n) is 19.8. The highest BCUT2D eigenvalue weighted by Crippen LogP contribution is 2.39. The van der Waals surface area contributed by atoms with Crippen molar-refractivity contribution in [2.75, 3.05) is 32.6 Å². The fraction of sp³-hybridized carbons (Fsp3) is 0.231. The Hall–Kier alpha value is -4.05. The molecular formula is C26H25N3O6S. The summed E-state index contributed by atoms with van der Waals surface area (Å²) in [6.45, 7) is 0.393. The Morgan fingerprint density at radius 1 is 1.00 bits per heavy atom. The van der Waals surface area contributed by atoms with Crippen LogP contribution in [-0.2, 0) is 16.3 Å². The fourth-order valence-electron chi connectivity index (χ4n) is 4.67. The van der Waals surface area contributed by atoms with Crippen LogP contribution in [0.15, 0.2) is 65.6 Å². The number of fused-ring (bicyclic) bond motifs is 1. The van der Waals surface area contributed by atoms with E-state index in [-0.39, 0.29) is 17.0 Å². The van der Waals surface area contributed by atoms with Gasteiger partial charge >= 0.3 is 6.03 Å². The van der Waals surface area contributed by atoms with Gasteiger partial charge in [-0.15, -0.1) is 0 Å².